The molecule has 18 heavy (non-hydrogen) atoms. The number of amides is 1. The van der Waals surface area contributed by atoms with Crippen molar-refractivity contribution in [1.29, 1.82) is 0 Å². The number of carbonyl (C=O) groups excluding carboxylic acids is 1. The second-order valence-electron chi connectivity index (χ2n) is 4.88. The largest absolute Gasteiger partial charge is 0.341 e. The van der Waals surface area contributed by atoms with Gasteiger partial charge in [0.15, 0.2) is 0 Å². The van der Waals surface area contributed by atoms with E-state index in [0.29, 0.717) is 6.42 Å². The SMILES string of the molecule is CN1CCCN(C(=O)Cc2ccc(S)cc2)CC1. The molecule has 0 spiro atoms. The smallest absolute Gasteiger partial charge is 0.227 e. The molecule has 0 saturated carbocycles. The molecule has 98 valence electrons. The number of hydrogen-bond donors (Lipinski definition) is 1. The van der Waals surface area contributed by atoms with Gasteiger partial charge in [-0.25, -0.2) is 0 Å². The van der Waals surface area contributed by atoms with Gasteiger partial charge >= 0.3 is 0 Å². The van der Waals surface area contributed by atoms with Gasteiger partial charge in [-0.3, -0.25) is 4.79 Å². The summed E-state index contributed by atoms with van der Waals surface area (Å²) < 4.78 is 0. The molecule has 1 saturated heterocycles. The van der Waals surface area contributed by atoms with Gasteiger partial charge in [-0.2, -0.15) is 0 Å². The van der Waals surface area contributed by atoms with Crippen molar-refractivity contribution >= 4 is 18.5 Å². The van der Waals surface area contributed by atoms with Gasteiger partial charge in [0.2, 0.25) is 5.91 Å². The van der Waals surface area contributed by atoms with Gasteiger partial charge in [-0.05, 0) is 37.7 Å². The third kappa shape index (κ3) is 3.75. The number of likely N-dealkylation sites (N-methyl/N-ethyl adjacent to an activating group) is 1. The number of carbonyl (C=O) groups is 1. The van der Waals surface area contributed by atoms with Crippen LogP contribution < -0.4 is 0 Å². The Morgan fingerprint density at radius 1 is 1.17 bits per heavy atom. The first-order chi connectivity index (χ1) is 8.65. The van der Waals surface area contributed by atoms with Crippen LogP contribution in [0, 0.1) is 0 Å². The predicted molar refractivity (Wildman–Crippen MR) is 76.1 cm³/mol. The quantitative estimate of drug-likeness (QED) is 0.822. The summed E-state index contributed by atoms with van der Waals surface area (Å²) in [6, 6.07) is 7.82. The van der Waals surface area contributed by atoms with E-state index in [4.69, 9.17) is 0 Å². The molecular weight excluding hydrogens is 244 g/mol. The number of hydrogen-bond acceptors (Lipinski definition) is 3. The average Bonchev–Trinajstić information content (AvgIpc) is 2.57. The molecule has 1 aromatic rings. The Balaban J connectivity index is 1.92. The van der Waals surface area contributed by atoms with Gasteiger partial charge < -0.3 is 9.80 Å². The Labute approximate surface area is 114 Å². The zero-order chi connectivity index (χ0) is 13.0. The second-order valence-corrected chi connectivity index (χ2v) is 5.40. The summed E-state index contributed by atoms with van der Waals surface area (Å²) in [4.78, 5) is 17.4. The molecule has 0 aromatic heterocycles. The van der Waals surface area contributed by atoms with E-state index >= 15 is 0 Å². The summed E-state index contributed by atoms with van der Waals surface area (Å²) in [6.45, 7) is 3.78. The lowest BCUT2D eigenvalue weighted by Crippen LogP contribution is -2.35. The topological polar surface area (TPSA) is 23.6 Å². The fourth-order valence-corrected chi connectivity index (χ4v) is 2.35. The Bertz CT molecular complexity index is 405. The van der Waals surface area contributed by atoms with Crippen molar-refractivity contribution in [2.75, 3.05) is 33.2 Å². The van der Waals surface area contributed by atoms with Crippen LogP contribution in [-0.4, -0.2) is 48.9 Å². The van der Waals surface area contributed by atoms with Crippen LogP contribution in [0.5, 0.6) is 0 Å². The maximum atomic E-state index is 12.2. The predicted octanol–water partition coefficient (Wildman–Crippen LogP) is 1.68. The molecule has 2 rings (SSSR count). The Hall–Kier alpha value is -1.00. The standard InChI is InChI=1S/C14H20N2OS/c1-15-7-2-8-16(10-9-15)14(17)11-12-3-5-13(18)6-4-12/h3-6,18H,2,7-11H2,1H3. The minimum absolute atomic E-state index is 0.234. The molecule has 1 aromatic carbocycles. The van der Waals surface area contributed by atoms with Gasteiger partial charge in [-0.1, -0.05) is 12.1 Å². The molecule has 0 radical (unpaired) electrons. The van der Waals surface area contributed by atoms with Crippen LogP contribution in [0.4, 0.5) is 0 Å². The van der Waals surface area contributed by atoms with E-state index in [-0.39, 0.29) is 5.91 Å². The highest BCUT2D eigenvalue weighted by Gasteiger charge is 2.17. The molecule has 0 atom stereocenters. The average molecular weight is 264 g/mol. The first-order valence-corrected chi connectivity index (χ1v) is 6.84. The Kier molecular flexibility index (Phi) is 4.66. The first kappa shape index (κ1) is 13.4. The van der Waals surface area contributed by atoms with Crippen LogP contribution in [0.15, 0.2) is 29.2 Å². The zero-order valence-corrected chi connectivity index (χ0v) is 11.7. The minimum atomic E-state index is 0.234. The van der Waals surface area contributed by atoms with E-state index < -0.39 is 0 Å². The number of benzene rings is 1. The van der Waals surface area contributed by atoms with Gasteiger partial charge in [0.25, 0.3) is 0 Å². The summed E-state index contributed by atoms with van der Waals surface area (Å²) >= 11 is 4.25. The molecule has 4 heteroatoms. The highest BCUT2D eigenvalue weighted by Crippen LogP contribution is 2.10. The molecule has 1 heterocycles. The van der Waals surface area contributed by atoms with Crippen molar-refractivity contribution < 1.29 is 4.79 Å². The van der Waals surface area contributed by atoms with E-state index in [0.717, 1.165) is 43.1 Å². The van der Waals surface area contributed by atoms with E-state index in [9.17, 15) is 4.79 Å². The molecular formula is C14H20N2OS. The Morgan fingerprint density at radius 3 is 2.61 bits per heavy atom. The van der Waals surface area contributed by atoms with Gasteiger partial charge in [0, 0.05) is 24.5 Å². The summed E-state index contributed by atoms with van der Waals surface area (Å²) in [5.41, 5.74) is 1.07. The lowest BCUT2D eigenvalue weighted by atomic mass is 10.1. The minimum Gasteiger partial charge on any atom is -0.341 e. The molecule has 3 nitrogen and oxygen atoms in total. The second kappa shape index (κ2) is 6.25. The monoisotopic (exact) mass is 264 g/mol. The van der Waals surface area contributed by atoms with E-state index in [2.05, 4.69) is 24.6 Å². The normalized spacial score (nSPS) is 17.6. The molecule has 0 N–H and O–H groups in total. The fraction of sp³-hybridized carbons (Fsp3) is 0.500. The maximum absolute atomic E-state index is 12.2. The summed E-state index contributed by atoms with van der Waals surface area (Å²) in [5.74, 6) is 0.234. The summed E-state index contributed by atoms with van der Waals surface area (Å²) in [5, 5.41) is 0. The molecule has 1 aliphatic rings. The maximum Gasteiger partial charge on any atom is 0.227 e. The first-order valence-electron chi connectivity index (χ1n) is 6.39. The van der Waals surface area contributed by atoms with E-state index in [1.165, 1.54) is 0 Å². The van der Waals surface area contributed by atoms with Crippen LogP contribution >= 0.6 is 12.6 Å². The number of thiol groups is 1. The van der Waals surface area contributed by atoms with Gasteiger partial charge in [-0.15, -0.1) is 12.6 Å². The van der Waals surface area contributed by atoms with Crippen molar-refractivity contribution in [3.05, 3.63) is 29.8 Å². The molecule has 0 unspecified atom stereocenters. The van der Waals surface area contributed by atoms with Crippen LogP contribution in [0.2, 0.25) is 0 Å². The fourth-order valence-electron chi connectivity index (χ4n) is 2.20. The van der Waals surface area contributed by atoms with Gasteiger partial charge in [0.1, 0.15) is 0 Å². The zero-order valence-electron chi connectivity index (χ0n) is 10.8. The summed E-state index contributed by atoms with van der Waals surface area (Å²) in [7, 11) is 2.11. The van der Waals surface area contributed by atoms with Crippen LogP contribution in [-0.2, 0) is 11.2 Å². The highest BCUT2D eigenvalue weighted by molar-refractivity contribution is 7.80. The van der Waals surface area contributed by atoms with Crippen LogP contribution in [0.1, 0.15) is 12.0 Å². The lowest BCUT2D eigenvalue weighted by Gasteiger charge is -2.20. The van der Waals surface area contributed by atoms with Gasteiger partial charge in [0.05, 0.1) is 6.42 Å². The van der Waals surface area contributed by atoms with Crippen molar-refractivity contribution in [1.82, 2.24) is 9.80 Å². The molecule has 0 aliphatic carbocycles. The van der Waals surface area contributed by atoms with Crippen LogP contribution in [0.25, 0.3) is 0 Å². The third-order valence-corrected chi connectivity index (χ3v) is 3.66. The molecule has 1 amide bonds. The van der Waals surface area contributed by atoms with Crippen molar-refractivity contribution in [3.63, 3.8) is 0 Å². The molecule has 1 fully saturated rings. The van der Waals surface area contributed by atoms with E-state index in [1.54, 1.807) is 0 Å². The van der Waals surface area contributed by atoms with E-state index in [1.807, 2.05) is 29.2 Å². The Morgan fingerprint density at radius 2 is 1.89 bits per heavy atom. The van der Waals surface area contributed by atoms with Crippen molar-refractivity contribution in [2.24, 2.45) is 0 Å². The molecule has 0 bridgehead atoms. The van der Waals surface area contributed by atoms with Crippen LogP contribution in [0.3, 0.4) is 0 Å². The third-order valence-electron chi connectivity index (χ3n) is 3.36. The van der Waals surface area contributed by atoms with Crippen molar-refractivity contribution in [3.8, 4) is 0 Å². The molecule has 1 aliphatic heterocycles. The lowest BCUT2D eigenvalue weighted by molar-refractivity contribution is -0.130. The number of nitrogens with zero attached hydrogens (tertiary/aromatic N) is 2. The number of rotatable bonds is 2. The van der Waals surface area contributed by atoms with Crippen molar-refractivity contribution in [2.45, 2.75) is 17.7 Å². The highest BCUT2D eigenvalue weighted by atomic mass is 32.1. The summed E-state index contributed by atoms with van der Waals surface area (Å²) in [6.07, 6.45) is 1.57.